The number of hydrogen-bond donors (Lipinski definition) is 1. The average Bonchev–Trinajstić information content (AvgIpc) is 2.43. The number of hydrogen-bond acceptors (Lipinski definition) is 3. The average molecular weight is 278 g/mol. The highest BCUT2D eigenvalue weighted by Gasteiger charge is 2.18. The molecule has 0 aliphatic heterocycles. The number of carbonyl (C=O) groups excluding carboxylic acids is 1. The van der Waals surface area contributed by atoms with Crippen LogP contribution < -0.4 is 0 Å². The molecule has 0 saturated carbocycles. The SMILES string of the molecule is CCCCC(CC)CC(C)OC(=O)c1ccccc1O. The minimum absolute atomic E-state index is 0.0253. The first-order valence-electron chi connectivity index (χ1n) is 7.57. The smallest absolute Gasteiger partial charge is 0.342 e. The van der Waals surface area contributed by atoms with E-state index in [0.29, 0.717) is 5.92 Å². The van der Waals surface area contributed by atoms with E-state index in [1.165, 1.54) is 25.3 Å². The maximum absolute atomic E-state index is 12.0. The van der Waals surface area contributed by atoms with Crippen molar-refractivity contribution < 1.29 is 14.6 Å². The highest BCUT2D eigenvalue weighted by atomic mass is 16.5. The number of rotatable bonds is 8. The van der Waals surface area contributed by atoms with Crippen molar-refractivity contribution in [2.75, 3.05) is 0 Å². The molecule has 0 radical (unpaired) electrons. The second-order valence-electron chi connectivity index (χ2n) is 5.39. The van der Waals surface area contributed by atoms with E-state index in [1.54, 1.807) is 18.2 Å². The molecule has 1 rings (SSSR count). The summed E-state index contributed by atoms with van der Waals surface area (Å²) in [6.45, 7) is 6.29. The summed E-state index contributed by atoms with van der Waals surface area (Å²) in [5.74, 6) is 0.130. The lowest BCUT2D eigenvalue weighted by Gasteiger charge is -2.20. The van der Waals surface area contributed by atoms with Crippen molar-refractivity contribution in [1.82, 2.24) is 0 Å². The van der Waals surface area contributed by atoms with Crippen molar-refractivity contribution >= 4 is 5.97 Å². The number of phenols is 1. The summed E-state index contributed by atoms with van der Waals surface area (Å²) in [4.78, 5) is 12.0. The number of carbonyl (C=O) groups is 1. The van der Waals surface area contributed by atoms with E-state index >= 15 is 0 Å². The van der Waals surface area contributed by atoms with E-state index in [2.05, 4.69) is 13.8 Å². The molecule has 0 heterocycles. The molecule has 3 nitrogen and oxygen atoms in total. The lowest BCUT2D eigenvalue weighted by Crippen LogP contribution is -2.18. The van der Waals surface area contributed by atoms with Crippen LogP contribution in [0.15, 0.2) is 24.3 Å². The van der Waals surface area contributed by atoms with Crippen LogP contribution in [0.2, 0.25) is 0 Å². The number of benzene rings is 1. The van der Waals surface area contributed by atoms with Crippen molar-refractivity contribution in [2.24, 2.45) is 5.92 Å². The normalized spacial score (nSPS) is 13.8. The van der Waals surface area contributed by atoms with Gasteiger partial charge >= 0.3 is 5.97 Å². The molecule has 2 unspecified atom stereocenters. The predicted molar refractivity (Wildman–Crippen MR) is 80.9 cm³/mol. The number of para-hydroxylation sites is 1. The molecule has 0 aliphatic carbocycles. The Bertz CT molecular complexity index is 414. The van der Waals surface area contributed by atoms with E-state index in [0.717, 1.165) is 12.8 Å². The minimum Gasteiger partial charge on any atom is -0.507 e. The van der Waals surface area contributed by atoms with Crippen molar-refractivity contribution in [3.63, 3.8) is 0 Å². The Labute approximate surface area is 122 Å². The summed E-state index contributed by atoms with van der Waals surface area (Å²) in [7, 11) is 0. The molecule has 0 bridgehead atoms. The predicted octanol–water partition coefficient (Wildman–Crippen LogP) is 4.54. The molecule has 0 saturated heterocycles. The lowest BCUT2D eigenvalue weighted by atomic mass is 9.93. The zero-order valence-corrected chi connectivity index (χ0v) is 12.8. The van der Waals surface area contributed by atoms with Crippen LogP contribution in [0.25, 0.3) is 0 Å². The highest BCUT2D eigenvalue weighted by molar-refractivity contribution is 5.92. The molecule has 20 heavy (non-hydrogen) atoms. The second kappa shape index (κ2) is 8.62. The summed E-state index contributed by atoms with van der Waals surface area (Å²) in [5.41, 5.74) is 0.237. The van der Waals surface area contributed by atoms with Gasteiger partial charge in [0, 0.05) is 0 Å². The van der Waals surface area contributed by atoms with Crippen LogP contribution in [-0.2, 0) is 4.74 Å². The maximum atomic E-state index is 12.0. The summed E-state index contributed by atoms with van der Waals surface area (Å²) in [5, 5.41) is 9.64. The topological polar surface area (TPSA) is 46.5 Å². The monoisotopic (exact) mass is 278 g/mol. The first-order valence-corrected chi connectivity index (χ1v) is 7.57. The van der Waals surface area contributed by atoms with E-state index in [1.807, 2.05) is 6.92 Å². The van der Waals surface area contributed by atoms with Crippen molar-refractivity contribution in [1.29, 1.82) is 0 Å². The van der Waals surface area contributed by atoms with Crippen LogP contribution in [0, 0.1) is 5.92 Å². The van der Waals surface area contributed by atoms with Gasteiger partial charge in [0.2, 0.25) is 0 Å². The number of phenolic OH excluding ortho intramolecular Hbond substituents is 1. The van der Waals surface area contributed by atoms with Gasteiger partial charge in [-0.3, -0.25) is 0 Å². The van der Waals surface area contributed by atoms with Gasteiger partial charge in [-0.05, 0) is 31.4 Å². The Morgan fingerprint density at radius 1 is 1.30 bits per heavy atom. The summed E-state index contributed by atoms with van der Waals surface area (Å²) < 4.78 is 5.43. The molecule has 112 valence electrons. The van der Waals surface area contributed by atoms with E-state index in [9.17, 15) is 9.90 Å². The van der Waals surface area contributed by atoms with E-state index in [-0.39, 0.29) is 17.4 Å². The van der Waals surface area contributed by atoms with Gasteiger partial charge in [0.05, 0.1) is 6.10 Å². The molecule has 0 aromatic heterocycles. The number of unbranched alkanes of at least 4 members (excludes halogenated alkanes) is 1. The van der Waals surface area contributed by atoms with Crippen molar-refractivity contribution in [3.8, 4) is 5.75 Å². The molecular formula is C17H26O3. The molecule has 0 spiro atoms. The Balaban J connectivity index is 2.51. The Kier molecular flexibility index (Phi) is 7.13. The molecule has 1 N–H and O–H groups in total. The van der Waals surface area contributed by atoms with Gasteiger partial charge in [-0.25, -0.2) is 4.79 Å². The zero-order chi connectivity index (χ0) is 15.0. The maximum Gasteiger partial charge on any atom is 0.342 e. The quantitative estimate of drug-likeness (QED) is 0.710. The Hall–Kier alpha value is -1.51. The molecule has 0 amide bonds. The molecular weight excluding hydrogens is 252 g/mol. The number of esters is 1. The van der Waals surface area contributed by atoms with Gasteiger partial charge in [-0.2, -0.15) is 0 Å². The Morgan fingerprint density at radius 2 is 2.00 bits per heavy atom. The largest absolute Gasteiger partial charge is 0.507 e. The summed E-state index contributed by atoms with van der Waals surface area (Å²) in [6.07, 6.45) is 5.48. The molecule has 0 fully saturated rings. The fourth-order valence-corrected chi connectivity index (χ4v) is 2.39. The van der Waals surface area contributed by atoms with Crippen LogP contribution in [0.4, 0.5) is 0 Å². The number of aromatic hydroxyl groups is 1. The van der Waals surface area contributed by atoms with Gasteiger partial charge in [0.25, 0.3) is 0 Å². The second-order valence-corrected chi connectivity index (χ2v) is 5.39. The third-order valence-electron chi connectivity index (χ3n) is 3.64. The van der Waals surface area contributed by atoms with Gasteiger partial charge in [-0.1, -0.05) is 51.7 Å². The van der Waals surface area contributed by atoms with Gasteiger partial charge in [0.15, 0.2) is 0 Å². The highest BCUT2D eigenvalue weighted by Crippen LogP contribution is 2.22. The summed E-state index contributed by atoms with van der Waals surface area (Å²) in [6, 6.07) is 6.49. The van der Waals surface area contributed by atoms with E-state index < -0.39 is 5.97 Å². The minimum atomic E-state index is -0.444. The third kappa shape index (κ3) is 5.24. The fraction of sp³-hybridized carbons (Fsp3) is 0.588. The first kappa shape index (κ1) is 16.5. The first-order chi connectivity index (χ1) is 9.58. The standard InChI is InChI=1S/C17H26O3/c1-4-6-9-14(5-2)12-13(3)20-17(19)15-10-7-8-11-16(15)18/h7-8,10-11,13-14,18H,4-6,9,12H2,1-3H3. The zero-order valence-electron chi connectivity index (χ0n) is 12.8. The molecule has 2 atom stereocenters. The van der Waals surface area contributed by atoms with Crippen LogP contribution >= 0.6 is 0 Å². The van der Waals surface area contributed by atoms with Crippen LogP contribution in [0.1, 0.15) is 63.2 Å². The molecule has 3 heteroatoms. The van der Waals surface area contributed by atoms with Crippen LogP contribution in [0.5, 0.6) is 5.75 Å². The van der Waals surface area contributed by atoms with Gasteiger partial charge in [0.1, 0.15) is 11.3 Å². The molecule has 1 aromatic carbocycles. The van der Waals surface area contributed by atoms with E-state index in [4.69, 9.17) is 4.74 Å². The molecule has 0 aliphatic rings. The van der Waals surface area contributed by atoms with Crippen molar-refractivity contribution in [2.45, 2.75) is 59.0 Å². The van der Waals surface area contributed by atoms with Gasteiger partial charge in [-0.15, -0.1) is 0 Å². The lowest BCUT2D eigenvalue weighted by molar-refractivity contribution is 0.0280. The molecule has 1 aromatic rings. The summed E-state index contributed by atoms with van der Waals surface area (Å²) >= 11 is 0. The third-order valence-corrected chi connectivity index (χ3v) is 3.64. The van der Waals surface area contributed by atoms with Crippen LogP contribution in [0.3, 0.4) is 0 Å². The van der Waals surface area contributed by atoms with Crippen molar-refractivity contribution in [3.05, 3.63) is 29.8 Å². The van der Waals surface area contributed by atoms with Gasteiger partial charge < -0.3 is 9.84 Å². The van der Waals surface area contributed by atoms with Crippen LogP contribution in [-0.4, -0.2) is 17.2 Å². The Morgan fingerprint density at radius 3 is 2.60 bits per heavy atom. The number of ether oxygens (including phenoxy) is 1. The fourth-order valence-electron chi connectivity index (χ4n) is 2.39.